The van der Waals surface area contributed by atoms with Crippen LogP contribution in [0.3, 0.4) is 0 Å². The number of halogens is 8. The van der Waals surface area contributed by atoms with Crippen LogP contribution in [-0.2, 0) is 159 Å². The molecule has 30 rings (SSSR count). The molecule has 0 aliphatic heterocycles. The van der Waals surface area contributed by atoms with E-state index in [-0.39, 0.29) is 176 Å². The Balaban J connectivity index is 0.000000113. The third kappa shape index (κ3) is 15.9. The second-order valence-electron chi connectivity index (χ2n) is 37.9. The van der Waals surface area contributed by atoms with Gasteiger partial charge in [0.15, 0.2) is 5.41 Å². The Kier molecular flexibility index (Phi) is 29.4. The molecule has 6 nitrogen and oxygen atoms in total. The van der Waals surface area contributed by atoms with Crippen LogP contribution >= 0.6 is 0 Å². The van der Waals surface area contributed by atoms with Gasteiger partial charge in [-0.2, -0.15) is 26.3 Å². The van der Waals surface area contributed by atoms with Crippen LogP contribution in [0.25, 0.3) is 143 Å². The van der Waals surface area contributed by atoms with Gasteiger partial charge in [-0.25, -0.2) is 8.78 Å². The molecule has 8 aliphatic carbocycles. The van der Waals surface area contributed by atoms with Gasteiger partial charge in [-0.15, -0.1) is 201 Å². The van der Waals surface area contributed by atoms with E-state index in [1.165, 1.54) is 200 Å². The topological polar surface area (TPSA) is 77.3 Å². The molecule has 1 saturated carbocycles. The zero-order valence-corrected chi connectivity index (χ0v) is 93.6. The van der Waals surface area contributed by atoms with E-state index in [0.717, 1.165) is 70.3 Å². The maximum absolute atomic E-state index is 14.6. The van der Waals surface area contributed by atoms with Crippen molar-refractivity contribution in [1.29, 1.82) is 0 Å². The van der Waals surface area contributed by atoms with Crippen LogP contribution in [0.1, 0.15) is 141 Å². The molecule has 1 fully saturated rings. The normalized spacial score (nSPS) is 14.7. The fourth-order valence-electron chi connectivity index (χ4n) is 25.5. The number of pyridine rings is 6. The molecule has 0 radical (unpaired) electrons. The maximum Gasteiger partial charge on any atom is 0.403 e. The van der Waals surface area contributed by atoms with E-state index < -0.39 is 40.2 Å². The Labute approximate surface area is 949 Å². The molecule has 0 N–H and O–H groups in total. The number of hydrogen-bond donors (Lipinski definition) is 0. The summed E-state index contributed by atoms with van der Waals surface area (Å²) in [6.07, 6.45) is 6.85. The standard InChI is InChI=1S/C28H16N.C28H18N.C20H16N.C20H18N.C18H8F6N.C16H8F2N.6Pt/c1-4-12-22-19(9-1)20-10-2-5-13-23(20)28(22)24-14-6-3-11-21(24)27-26-18(16-17-29-27)8-7-15-25(26)28;1-3-11-21(12-4-1)28(22-13-5-2-6-14-22)24-16-8-7-15-23(24)27-26-20(18-19-29-27)10-9-17-25(26)28;1-2-8-16-15(7-1)19-18-14(10-13-21-19)6-5-9-17(18)20(16)11-3-4-12-20;1-3-20(4-2)16-10-6-5-9-15(16)19-18-14(12-13-21-19)8-7-11-17(18)20;19-17(20,21)16(18(22,23)24)12-6-2-1-5-11(12)15-14-10(8-9-25-15)4-3-7-13(14)16;17-16(18)12-6-2-1-5-11(12)15-14-10(8-9-19-15)4-3-7-13(14)16;;;;;;/h1-10,12-17H;1-14,16-19H;1-2,5-6,8-10,13H,3-4,11-12H2;5-8,10-13H,3-4H2,1-2H3;1-4,6-9H;1-4,6-9H;;;;;;/q6*-1;;;;;;. The van der Waals surface area contributed by atoms with Gasteiger partial charge in [0, 0.05) is 180 Å². The molecule has 0 unspecified atom stereocenters. The summed E-state index contributed by atoms with van der Waals surface area (Å²) >= 11 is 0. The molecule has 20 heteroatoms. The van der Waals surface area contributed by atoms with E-state index in [0.29, 0.717) is 16.6 Å². The number of hydrogen-bond acceptors (Lipinski definition) is 6. The Morgan fingerprint density at radius 2 is 0.507 bits per heavy atom. The number of fused-ring (bicyclic) bond motifs is 21. The first-order valence-corrected chi connectivity index (χ1v) is 48.6. The zero-order valence-electron chi connectivity index (χ0n) is 80.0. The summed E-state index contributed by atoms with van der Waals surface area (Å²) in [5.74, 6) is -3.00. The molecule has 8 aliphatic rings. The van der Waals surface area contributed by atoms with Crippen molar-refractivity contribution < 1.29 is 162 Å². The molecular formula is C130H84F8N6Pt6-6. The largest absolute Gasteiger partial charge is 0.403 e. The van der Waals surface area contributed by atoms with E-state index in [9.17, 15) is 35.1 Å². The van der Waals surface area contributed by atoms with Crippen LogP contribution in [0.2, 0.25) is 0 Å². The Bertz CT molecular complexity index is 8580. The van der Waals surface area contributed by atoms with Crippen LogP contribution in [-0.4, -0.2) is 42.3 Å². The molecule has 6 heterocycles. The number of nitrogens with zero attached hydrogens (tertiary/aromatic N) is 6. The van der Waals surface area contributed by atoms with Gasteiger partial charge in [-0.3, -0.25) is 0 Å². The van der Waals surface area contributed by atoms with Crippen molar-refractivity contribution in [2.24, 2.45) is 0 Å². The molecule has 16 aromatic carbocycles. The van der Waals surface area contributed by atoms with Crippen LogP contribution in [0.15, 0.2) is 401 Å². The van der Waals surface area contributed by atoms with Crippen molar-refractivity contribution in [2.75, 3.05) is 0 Å². The maximum atomic E-state index is 14.6. The predicted octanol–water partition coefficient (Wildman–Crippen LogP) is 32.3. The smallest absolute Gasteiger partial charge is 0.304 e. The summed E-state index contributed by atoms with van der Waals surface area (Å²) in [5, 5.41) is 11.6. The number of alkyl halides is 8. The van der Waals surface area contributed by atoms with E-state index in [4.69, 9.17) is 15.0 Å². The van der Waals surface area contributed by atoms with E-state index in [1.807, 2.05) is 55.1 Å². The molecule has 6 aromatic heterocycles. The quantitative estimate of drug-likeness (QED) is 0.129. The van der Waals surface area contributed by atoms with Gasteiger partial charge in [0.1, 0.15) is 0 Å². The monoisotopic (exact) mass is 3050 g/mol. The fourth-order valence-corrected chi connectivity index (χ4v) is 25.5. The first-order chi connectivity index (χ1) is 70.4. The zero-order chi connectivity index (χ0) is 97.6. The molecular weight excluding hydrogens is 2970 g/mol. The Morgan fingerprint density at radius 1 is 0.240 bits per heavy atom. The summed E-state index contributed by atoms with van der Waals surface area (Å²) in [5.41, 5.74) is 22.1. The van der Waals surface area contributed by atoms with Gasteiger partial charge >= 0.3 is 12.4 Å². The predicted molar refractivity (Wildman–Crippen MR) is 555 cm³/mol. The molecule has 0 amide bonds. The van der Waals surface area contributed by atoms with Gasteiger partial charge in [0.25, 0.3) is 5.92 Å². The van der Waals surface area contributed by atoms with E-state index in [2.05, 4.69) is 320 Å². The number of aromatic nitrogens is 6. The van der Waals surface area contributed by atoms with Crippen molar-refractivity contribution in [3.05, 3.63) is 527 Å². The fraction of sp³-hybridized carbons (Fsp3) is 0.123. The minimum atomic E-state index is -5.59. The average Bonchev–Trinajstić information content (AvgIpc) is 1.28. The first kappa shape index (κ1) is 106. The molecule has 150 heavy (non-hydrogen) atoms. The summed E-state index contributed by atoms with van der Waals surface area (Å²) in [4.78, 5) is 27.3. The Morgan fingerprint density at radius 3 is 0.907 bits per heavy atom. The van der Waals surface area contributed by atoms with Crippen molar-refractivity contribution in [3.8, 4) is 78.7 Å². The van der Waals surface area contributed by atoms with Crippen LogP contribution < -0.4 is 0 Å². The van der Waals surface area contributed by atoms with Gasteiger partial charge in [-0.05, 0) is 220 Å². The summed E-state index contributed by atoms with van der Waals surface area (Å²) in [6.45, 7) is 4.58. The van der Waals surface area contributed by atoms with Gasteiger partial charge in [0.2, 0.25) is 0 Å². The van der Waals surface area contributed by atoms with E-state index in [1.54, 1.807) is 30.5 Å². The Hall–Kier alpha value is -12.5. The summed E-state index contributed by atoms with van der Waals surface area (Å²) < 4.78 is 113. The molecule has 0 saturated heterocycles. The molecule has 0 atom stereocenters. The van der Waals surface area contributed by atoms with Crippen LogP contribution in [0.5, 0.6) is 0 Å². The minimum Gasteiger partial charge on any atom is -0.304 e. The van der Waals surface area contributed by atoms with E-state index >= 15 is 0 Å². The van der Waals surface area contributed by atoms with Crippen molar-refractivity contribution in [1.82, 2.24) is 29.9 Å². The molecule has 0 bridgehead atoms. The third-order valence-corrected chi connectivity index (χ3v) is 31.3. The van der Waals surface area contributed by atoms with Gasteiger partial charge in [-0.1, -0.05) is 269 Å². The first-order valence-electron chi connectivity index (χ1n) is 48.6. The molecule has 756 valence electrons. The van der Waals surface area contributed by atoms with Crippen LogP contribution in [0.4, 0.5) is 35.1 Å². The molecule has 2 spiro atoms. The second kappa shape index (κ2) is 41.6. The molecule has 22 aromatic rings. The van der Waals surface area contributed by atoms with Gasteiger partial charge in [0.05, 0.1) is 0 Å². The SMILES string of the molecule is CCC1(CC)c2ccc[c-]c2-c2nccc3cccc1c23.FC(F)(F)C1(C(F)(F)F)c2ccc[c-]c2-c2nccc3cccc1c23.FC1(F)c2ccc[c-]c2-c2nccc3cccc1c23.[Pt].[Pt].[Pt].[Pt].[Pt].[Pt].[c-]1cccc2c1-c1nccc3cccc(c13)C2(c1ccccc1)c1ccccc1.[c-]1cccc2c1-c1nccc3cccc(c13)C21CCCC1.[c-]1cccc2c1-c1nccc3cccc(c13)C21c2ccccc2-c2ccccc21. The van der Waals surface area contributed by atoms with Crippen LogP contribution in [0, 0.1) is 36.4 Å². The van der Waals surface area contributed by atoms with Crippen molar-refractivity contribution in [2.45, 2.75) is 97.7 Å². The summed E-state index contributed by atoms with van der Waals surface area (Å²) in [6, 6.07) is 139. The average molecular weight is 3050 g/mol. The number of rotatable bonds is 4. The minimum absolute atomic E-state index is 0. The van der Waals surface area contributed by atoms with Crippen molar-refractivity contribution >= 4 is 64.6 Å². The third-order valence-electron chi connectivity index (χ3n) is 31.3. The second-order valence-corrected chi connectivity index (χ2v) is 37.9. The summed E-state index contributed by atoms with van der Waals surface area (Å²) in [7, 11) is 0. The van der Waals surface area contributed by atoms with Crippen molar-refractivity contribution in [3.63, 3.8) is 0 Å². The van der Waals surface area contributed by atoms with Gasteiger partial charge < -0.3 is 29.9 Å². The number of benzene rings is 16.